The number of imidazole rings is 1. The van der Waals surface area contributed by atoms with Crippen molar-refractivity contribution in [2.45, 2.75) is 32.7 Å². The lowest BCUT2D eigenvalue weighted by Crippen LogP contribution is -2.48. The minimum atomic E-state index is -0.391. The Balaban J connectivity index is 1.51. The summed E-state index contributed by atoms with van der Waals surface area (Å²) in [5, 5.41) is 13.0. The maximum absolute atomic E-state index is 12.3. The predicted octanol–water partition coefficient (Wildman–Crippen LogP) is 3.81. The fraction of sp³-hybridized carbons (Fsp3) is 0.429. The second kappa shape index (κ2) is 8.93. The molecule has 1 fully saturated rings. The van der Waals surface area contributed by atoms with Gasteiger partial charge in [0.1, 0.15) is 0 Å². The molecule has 0 N–H and O–H groups in total. The lowest BCUT2D eigenvalue weighted by atomic mass is 10.1. The highest BCUT2D eigenvalue weighted by atomic mass is 32.1. The van der Waals surface area contributed by atoms with Crippen molar-refractivity contribution in [3.8, 4) is 11.3 Å². The third kappa shape index (κ3) is 4.22. The number of amides is 1. The molecule has 1 aliphatic rings. The molecule has 0 unspecified atom stereocenters. The predicted molar refractivity (Wildman–Crippen MR) is 117 cm³/mol. The number of benzene rings is 1. The van der Waals surface area contributed by atoms with Crippen LogP contribution >= 0.6 is 11.3 Å². The summed E-state index contributed by atoms with van der Waals surface area (Å²) in [6, 6.07) is 6.57. The van der Waals surface area contributed by atoms with Crippen molar-refractivity contribution in [2.75, 3.05) is 26.2 Å². The van der Waals surface area contributed by atoms with Gasteiger partial charge in [0, 0.05) is 68.4 Å². The molecular weight excluding hydrogens is 402 g/mol. The van der Waals surface area contributed by atoms with Gasteiger partial charge in [-0.2, -0.15) is 0 Å². The van der Waals surface area contributed by atoms with E-state index in [1.807, 2.05) is 16.5 Å². The number of thiazole rings is 1. The van der Waals surface area contributed by atoms with Gasteiger partial charge in [-0.1, -0.05) is 13.3 Å². The average Bonchev–Trinajstić information content (AvgIpc) is 3.35. The van der Waals surface area contributed by atoms with Crippen LogP contribution in [0, 0.1) is 10.1 Å². The topological polar surface area (TPSA) is 84.0 Å². The summed E-state index contributed by atoms with van der Waals surface area (Å²) in [5.41, 5.74) is 2.88. The summed E-state index contributed by atoms with van der Waals surface area (Å²) >= 11 is 1.57. The molecule has 2 aromatic heterocycles. The van der Waals surface area contributed by atoms with E-state index in [0.29, 0.717) is 6.42 Å². The minimum absolute atomic E-state index is 0.0742. The van der Waals surface area contributed by atoms with Crippen LogP contribution in [0.3, 0.4) is 0 Å². The number of piperazine rings is 1. The summed E-state index contributed by atoms with van der Waals surface area (Å²) in [4.78, 5) is 32.9. The molecule has 1 aliphatic heterocycles. The number of unbranched alkanes of at least 4 members (excludes halogenated alkanes) is 1. The van der Waals surface area contributed by atoms with Crippen LogP contribution in [0.4, 0.5) is 5.69 Å². The highest BCUT2D eigenvalue weighted by Crippen LogP contribution is 2.29. The second-order valence-electron chi connectivity index (χ2n) is 7.53. The zero-order valence-corrected chi connectivity index (χ0v) is 17.8. The van der Waals surface area contributed by atoms with E-state index in [1.54, 1.807) is 23.5 Å². The molecule has 0 radical (unpaired) electrons. The summed E-state index contributed by atoms with van der Waals surface area (Å²) in [7, 11) is 0. The van der Waals surface area contributed by atoms with E-state index in [1.165, 1.54) is 12.1 Å². The van der Waals surface area contributed by atoms with Gasteiger partial charge in [0.25, 0.3) is 5.69 Å². The molecule has 4 rings (SSSR count). The van der Waals surface area contributed by atoms with Gasteiger partial charge in [-0.3, -0.25) is 24.2 Å². The first kappa shape index (κ1) is 20.5. The Labute approximate surface area is 178 Å². The molecule has 1 amide bonds. The van der Waals surface area contributed by atoms with Crippen molar-refractivity contribution < 1.29 is 9.72 Å². The number of fused-ring (bicyclic) bond motifs is 1. The minimum Gasteiger partial charge on any atom is -0.340 e. The van der Waals surface area contributed by atoms with E-state index >= 15 is 0 Å². The van der Waals surface area contributed by atoms with Gasteiger partial charge in [0.15, 0.2) is 4.96 Å². The normalized spacial score (nSPS) is 15.0. The van der Waals surface area contributed by atoms with Crippen LogP contribution in [0.1, 0.15) is 31.9 Å². The zero-order chi connectivity index (χ0) is 21.1. The van der Waals surface area contributed by atoms with E-state index < -0.39 is 4.92 Å². The third-order valence-corrected chi connectivity index (χ3v) is 6.31. The Morgan fingerprint density at radius 1 is 1.20 bits per heavy atom. The fourth-order valence-corrected chi connectivity index (χ4v) is 4.54. The molecule has 3 aromatic rings. The van der Waals surface area contributed by atoms with Gasteiger partial charge in [0.2, 0.25) is 5.91 Å². The molecule has 0 aliphatic carbocycles. The molecule has 9 heteroatoms. The lowest BCUT2D eigenvalue weighted by molar-refractivity contribution is -0.384. The summed E-state index contributed by atoms with van der Waals surface area (Å²) < 4.78 is 2.10. The molecule has 0 spiro atoms. The highest BCUT2D eigenvalue weighted by Gasteiger charge is 2.24. The van der Waals surface area contributed by atoms with Gasteiger partial charge in [0.05, 0.1) is 16.3 Å². The van der Waals surface area contributed by atoms with Crippen molar-refractivity contribution >= 4 is 27.9 Å². The van der Waals surface area contributed by atoms with Crippen LogP contribution < -0.4 is 0 Å². The Morgan fingerprint density at radius 2 is 1.93 bits per heavy atom. The average molecular weight is 428 g/mol. The molecule has 1 saturated heterocycles. The van der Waals surface area contributed by atoms with Crippen molar-refractivity contribution in [3.63, 3.8) is 0 Å². The Kier molecular flexibility index (Phi) is 6.10. The van der Waals surface area contributed by atoms with Gasteiger partial charge >= 0.3 is 0 Å². The number of rotatable bonds is 7. The van der Waals surface area contributed by atoms with Crippen molar-refractivity contribution in [2.24, 2.45) is 0 Å². The van der Waals surface area contributed by atoms with E-state index in [2.05, 4.69) is 16.2 Å². The van der Waals surface area contributed by atoms with Crippen molar-refractivity contribution in [3.05, 3.63) is 51.7 Å². The van der Waals surface area contributed by atoms with Crippen molar-refractivity contribution in [1.29, 1.82) is 0 Å². The largest absolute Gasteiger partial charge is 0.340 e. The van der Waals surface area contributed by atoms with E-state index in [4.69, 9.17) is 4.98 Å². The number of non-ortho nitro benzene ring substituents is 1. The molecule has 8 nitrogen and oxygen atoms in total. The molecular formula is C21H25N5O3S. The number of hydrogen-bond donors (Lipinski definition) is 0. The number of carbonyl (C=O) groups is 1. The summed E-state index contributed by atoms with van der Waals surface area (Å²) in [6.45, 7) is 5.98. The van der Waals surface area contributed by atoms with E-state index in [-0.39, 0.29) is 11.6 Å². The molecule has 3 heterocycles. The summed E-state index contributed by atoms with van der Waals surface area (Å²) in [5.74, 6) is 0.257. The van der Waals surface area contributed by atoms with Crippen LogP contribution in [-0.2, 0) is 11.3 Å². The van der Waals surface area contributed by atoms with Gasteiger partial charge in [-0.25, -0.2) is 4.98 Å². The number of aromatic nitrogens is 2. The quantitative estimate of drug-likeness (QED) is 0.423. The Bertz CT molecular complexity index is 1030. The highest BCUT2D eigenvalue weighted by molar-refractivity contribution is 7.15. The number of nitro benzene ring substituents is 1. The van der Waals surface area contributed by atoms with Crippen LogP contribution in [-0.4, -0.2) is 56.2 Å². The number of hydrogen-bond acceptors (Lipinski definition) is 6. The van der Waals surface area contributed by atoms with Gasteiger partial charge in [-0.05, 0) is 18.6 Å². The first-order valence-corrected chi connectivity index (χ1v) is 11.1. The molecule has 158 valence electrons. The van der Waals surface area contributed by atoms with E-state index in [0.717, 1.165) is 67.5 Å². The second-order valence-corrected chi connectivity index (χ2v) is 8.40. The fourth-order valence-electron chi connectivity index (χ4n) is 3.81. The Hall–Kier alpha value is -2.78. The van der Waals surface area contributed by atoms with Crippen LogP contribution in [0.15, 0.2) is 35.8 Å². The molecule has 0 atom stereocenters. The molecule has 30 heavy (non-hydrogen) atoms. The van der Waals surface area contributed by atoms with Crippen LogP contribution in [0.25, 0.3) is 16.2 Å². The number of nitrogens with zero attached hydrogens (tertiary/aromatic N) is 5. The molecule has 1 aromatic carbocycles. The lowest BCUT2D eigenvalue weighted by Gasteiger charge is -2.34. The standard InChI is InChI=1S/C21H25N5O3S/c1-2-3-4-19(27)24-11-9-23(10-12-24)15-18-20(22-21-25(18)13-14-30-21)16-5-7-17(8-6-16)26(28)29/h5-8,13-14H,2-4,9-12,15H2,1H3. The maximum Gasteiger partial charge on any atom is 0.269 e. The van der Waals surface area contributed by atoms with Gasteiger partial charge < -0.3 is 4.90 Å². The maximum atomic E-state index is 12.3. The van der Waals surface area contributed by atoms with Gasteiger partial charge in [-0.15, -0.1) is 11.3 Å². The van der Waals surface area contributed by atoms with Crippen LogP contribution in [0.2, 0.25) is 0 Å². The first-order chi connectivity index (χ1) is 14.6. The van der Waals surface area contributed by atoms with Crippen LogP contribution in [0.5, 0.6) is 0 Å². The van der Waals surface area contributed by atoms with E-state index in [9.17, 15) is 14.9 Å². The zero-order valence-electron chi connectivity index (χ0n) is 17.0. The molecule has 0 bridgehead atoms. The smallest absolute Gasteiger partial charge is 0.269 e. The van der Waals surface area contributed by atoms with Crippen molar-refractivity contribution in [1.82, 2.24) is 19.2 Å². The SMILES string of the molecule is CCCCC(=O)N1CCN(Cc2c(-c3ccc([N+](=O)[O-])cc3)nc3sccn23)CC1. The number of carbonyl (C=O) groups excluding carboxylic acids is 1. The number of nitro groups is 1. The molecule has 0 saturated carbocycles. The Morgan fingerprint density at radius 3 is 2.60 bits per heavy atom. The third-order valence-electron chi connectivity index (χ3n) is 5.56. The monoisotopic (exact) mass is 427 g/mol. The first-order valence-electron chi connectivity index (χ1n) is 10.3. The summed E-state index contributed by atoms with van der Waals surface area (Å²) in [6.07, 6.45) is 4.64.